The van der Waals surface area contributed by atoms with Gasteiger partial charge in [-0.3, -0.25) is 0 Å². The van der Waals surface area contributed by atoms with Crippen molar-refractivity contribution in [2.75, 3.05) is 13.1 Å². The molecule has 0 saturated carbocycles. The molecule has 3 rings (SSSR count). The second-order valence-corrected chi connectivity index (χ2v) is 4.81. The van der Waals surface area contributed by atoms with Crippen LogP contribution >= 0.6 is 0 Å². The Morgan fingerprint density at radius 1 is 1.44 bits per heavy atom. The van der Waals surface area contributed by atoms with E-state index in [2.05, 4.69) is 4.98 Å². The number of rotatable bonds is 3. The first-order chi connectivity index (χ1) is 8.74. The van der Waals surface area contributed by atoms with Gasteiger partial charge in [0.1, 0.15) is 17.9 Å². The second kappa shape index (κ2) is 4.42. The highest BCUT2D eigenvalue weighted by Gasteiger charge is 2.17. The smallest absolute Gasteiger partial charge is 0.146 e. The Labute approximate surface area is 105 Å². The number of aromatic nitrogens is 2. The molecule has 5 heteroatoms. The summed E-state index contributed by atoms with van der Waals surface area (Å²) in [6.07, 6.45) is 6.27. The van der Waals surface area contributed by atoms with Crippen molar-refractivity contribution in [1.29, 1.82) is 0 Å². The Kier molecular flexibility index (Phi) is 2.76. The Morgan fingerprint density at radius 3 is 2.94 bits per heavy atom. The molecule has 2 aromatic heterocycles. The molecular weight excluding hydrogens is 230 g/mol. The van der Waals surface area contributed by atoms with Gasteiger partial charge in [0.05, 0.1) is 19.1 Å². The van der Waals surface area contributed by atoms with Gasteiger partial charge in [-0.25, -0.2) is 4.98 Å². The van der Waals surface area contributed by atoms with Gasteiger partial charge in [-0.1, -0.05) is 0 Å². The number of pyridine rings is 1. The lowest BCUT2D eigenvalue weighted by atomic mass is 10.3. The first-order valence-electron chi connectivity index (χ1n) is 6.25. The van der Waals surface area contributed by atoms with Gasteiger partial charge in [0.15, 0.2) is 0 Å². The second-order valence-electron chi connectivity index (χ2n) is 4.81. The number of nitrogens with zero attached hydrogens (tertiary/aromatic N) is 2. The van der Waals surface area contributed by atoms with E-state index in [1.165, 1.54) is 36.9 Å². The van der Waals surface area contributed by atoms with E-state index in [1.54, 1.807) is 10.5 Å². The lowest BCUT2D eigenvalue weighted by Gasteiger charge is -2.08. The van der Waals surface area contributed by atoms with Gasteiger partial charge in [0.2, 0.25) is 0 Å². The van der Waals surface area contributed by atoms with Gasteiger partial charge in [0.25, 0.3) is 0 Å². The zero-order valence-electron chi connectivity index (χ0n) is 10.1. The zero-order valence-corrected chi connectivity index (χ0v) is 10.1. The fraction of sp³-hybridized carbons (Fsp3) is 0.385. The summed E-state index contributed by atoms with van der Waals surface area (Å²) in [6.45, 7) is 3.23. The van der Waals surface area contributed by atoms with Crippen molar-refractivity contribution in [1.82, 2.24) is 9.38 Å². The van der Waals surface area contributed by atoms with Crippen LogP contribution in [-0.4, -0.2) is 28.4 Å². The topological polar surface area (TPSA) is 61.9 Å². The van der Waals surface area contributed by atoms with E-state index in [-0.39, 0.29) is 5.56 Å². The number of nitrogens with one attached hydrogen (secondary N) is 1. The predicted molar refractivity (Wildman–Crippen MR) is 63.2 cm³/mol. The molecule has 94 valence electrons. The molecule has 0 bridgehead atoms. The van der Waals surface area contributed by atoms with Crippen molar-refractivity contribution >= 4 is 11.6 Å². The van der Waals surface area contributed by atoms with Gasteiger partial charge in [0, 0.05) is 30.8 Å². The SMILES string of the molecule is O=C([O-])c1cccn2cc(C[NH+]3CCCC3)nc12. The Balaban J connectivity index is 1.94. The van der Waals surface area contributed by atoms with Gasteiger partial charge >= 0.3 is 0 Å². The van der Waals surface area contributed by atoms with Crippen molar-refractivity contribution < 1.29 is 14.8 Å². The third kappa shape index (κ3) is 1.97. The molecule has 0 atom stereocenters. The maximum absolute atomic E-state index is 11.0. The molecule has 2 aromatic rings. The van der Waals surface area contributed by atoms with Crippen LogP contribution < -0.4 is 10.0 Å². The monoisotopic (exact) mass is 245 g/mol. The third-order valence-electron chi connectivity index (χ3n) is 3.49. The fourth-order valence-electron chi connectivity index (χ4n) is 2.62. The molecule has 1 saturated heterocycles. The van der Waals surface area contributed by atoms with Gasteiger partial charge in [-0.15, -0.1) is 0 Å². The number of carboxylic acid groups (broad SMARTS) is 1. The Bertz CT molecular complexity index is 585. The first-order valence-corrected chi connectivity index (χ1v) is 6.25. The van der Waals surface area contributed by atoms with E-state index in [1.807, 2.05) is 12.4 Å². The molecule has 1 fully saturated rings. The normalized spacial score (nSPS) is 16.4. The maximum Gasteiger partial charge on any atom is 0.146 e. The van der Waals surface area contributed by atoms with Crippen molar-refractivity contribution in [3.8, 4) is 0 Å². The van der Waals surface area contributed by atoms with Crippen molar-refractivity contribution in [2.45, 2.75) is 19.4 Å². The number of imidazole rings is 1. The summed E-state index contributed by atoms with van der Waals surface area (Å²) in [7, 11) is 0. The summed E-state index contributed by atoms with van der Waals surface area (Å²) in [5.41, 5.74) is 1.58. The van der Waals surface area contributed by atoms with E-state index in [0.717, 1.165) is 12.2 Å². The molecule has 1 N–H and O–H groups in total. The highest BCUT2D eigenvalue weighted by molar-refractivity contribution is 5.92. The summed E-state index contributed by atoms with van der Waals surface area (Å²) in [5.74, 6) is -1.17. The number of fused-ring (bicyclic) bond motifs is 1. The Hall–Kier alpha value is -1.88. The summed E-state index contributed by atoms with van der Waals surface area (Å²) in [5, 5.41) is 11.0. The number of carboxylic acids is 1. The van der Waals surface area contributed by atoms with Crippen LogP contribution in [0.3, 0.4) is 0 Å². The van der Waals surface area contributed by atoms with E-state index in [4.69, 9.17) is 0 Å². The van der Waals surface area contributed by atoms with E-state index in [0.29, 0.717) is 5.65 Å². The van der Waals surface area contributed by atoms with E-state index >= 15 is 0 Å². The highest BCUT2D eigenvalue weighted by Crippen LogP contribution is 2.10. The predicted octanol–water partition coefficient (Wildman–Crippen LogP) is -1.12. The van der Waals surface area contributed by atoms with E-state index in [9.17, 15) is 9.90 Å². The minimum absolute atomic E-state index is 0.153. The molecule has 5 nitrogen and oxygen atoms in total. The van der Waals surface area contributed by atoms with Crippen molar-refractivity contribution in [2.24, 2.45) is 0 Å². The van der Waals surface area contributed by atoms with Crippen LogP contribution in [-0.2, 0) is 6.54 Å². The van der Waals surface area contributed by atoms with Crippen molar-refractivity contribution in [3.05, 3.63) is 35.8 Å². The number of carbonyl (C=O) groups excluding carboxylic acids is 1. The average molecular weight is 245 g/mol. The molecule has 18 heavy (non-hydrogen) atoms. The molecule has 0 radical (unpaired) electrons. The number of quaternary nitrogens is 1. The Morgan fingerprint density at radius 2 is 2.22 bits per heavy atom. The van der Waals surface area contributed by atoms with Crippen LogP contribution in [0.25, 0.3) is 5.65 Å². The fourth-order valence-corrected chi connectivity index (χ4v) is 2.62. The molecule has 1 aliphatic rings. The largest absolute Gasteiger partial charge is 0.545 e. The average Bonchev–Trinajstić information content (AvgIpc) is 2.96. The number of hydrogen-bond acceptors (Lipinski definition) is 3. The number of hydrogen-bond donors (Lipinski definition) is 1. The minimum Gasteiger partial charge on any atom is -0.545 e. The summed E-state index contributed by atoms with van der Waals surface area (Å²) in [6, 6.07) is 3.23. The number of likely N-dealkylation sites (tertiary alicyclic amines) is 1. The van der Waals surface area contributed by atoms with E-state index < -0.39 is 5.97 Å². The van der Waals surface area contributed by atoms with Crippen LogP contribution in [0.2, 0.25) is 0 Å². The molecule has 1 aliphatic heterocycles. The molecular formula is C13H15N3O2. The van der Waals surface area contributed by atoms with Crippen molar-refractivity contribution in [3.63, 3.8) is 0 Å². The van der Waals surface area contributed by atoms with Crippen LogP contribution in [0.4, 0.5) is 0 Å². The molecule has 0 amide bonds. The highest BCUT2D eigenvalue weighted by atomic mass is 16.4. The maximum atomic E-state index is 11.0. The van der Waals surface area contributed by atoms with Crippen LogP contribution in [0.1, 0.15) is 28.9 Å². The molecule has 0 spiro atoms. The summed E-state index contributed by atoms with van der Waals surface area (Å²) < 4.78 is 1.76. The lowest BCUT2D eigenvalue weighted by Crippen LogP contribution is -3.08. The number of carbonyl (C=O) groups is 1. The number of aromatic carboxylic acids is 1. The van der Waals surface area contributed by atoms with Gasteiger partial charge in [-0.05, 0) is 12.1 Å². The van der Waals surface area contributed by atoms with Gasteiger partial charge in [-0.2, -0.15) is 0 Å². The zero-order chi connectivity index (χ0) is 12.5. The van der Waals surface area contributed by atoms with Crippen LogP contribution in [0, 0.1) is 0 Å². The van der Waals surface area contributed by atoms with Crippen LogP contribution in [0.5, 0.6) is 0 Å². The third-order valence-corrected chi connectivity index (χ3v) is 3.49. The van der Waals surface area contributed by atoms with Crippen LogP contribution in [0.15, 0.2) is 24.5 Å². The lowest BCUT2D eigenvalue weighted by molar-refractivity contribution is -0.901. The molecule has 0 unspecified atom stereocenters. The first kappa shape index (κ1) is 11.2. The minimum atomic E-state index is -1.17. The summed E-state index contributed by atoms with van der Waals surface area (Å²) >= 11 is 0. The molecule has 3 heterocycles. The summed E-state index contributed by atoms with van der Waals surface area (Å²) in [4.78, 5) is 16.9. The standard InChI is InChI=1S/C13H15N3O2/c17-13(18)11-4-3-7-16-9-10(14-12(11)16)8-15-5-1-2-6-15/h3-4,7,9H,1-2,5-6,8H2,(H,17,18). The quantitative estimate of drug-likeness (QED) is 0.745. The molecule has 0 aromatic carbocycles. The van der Waals surface area contributed by atoms with Gasteiger partial charge < -0.3 is 19.2 Å². The molecule has 0 aliphatic carbocycles.